The van der Waals surface area contributed by atoms with Gasteiger partial charge in [-0.15, -0.1) is 5.10 Å². The van der Waals surface area contributed by atoms with Crippen molar-refractivity contribution in [3.63, 3.8) is 0 Å². The van der Waals surface area contributed by atoms with Crippen molar-refractivity contribution in [1.29, 1.82) is 0 Å². The number of Topliss-reactive ketones (excluding diaryl/α,β-unsaturated/α-hetero) is 1. The van der Waals surface area contributed by atoms with Gasteiger partial charge in [-0.25, -0.2) is 4.79 Å². The van der Waals surface area contributed by atoms with E-state index < -0.39 is 17.9 Å². The largest absolute Gasteiger partial charge is 0.438 e. The molecule has 9 nitrogen and oxygen atoms in total. The number of hydrogen-bond donors (Lipinski definition) is 2. The first-order valence-corrected chi connectivity index (χ1v) is 14.2. The van der Waals surface area contributed by atoms with Crippen molar-refractivity contribution in [3.05, 3.63) is 35.9 Å². The second kappa shape index (κ2) is 13.8. The molecule has 3 amide bonds. The molecule has 0 aromatic heterocycles. The van der Waals surface area contributed by atoms with Gasteiger partial charge in [0.15, 0.2) is 5.78 Å². The first kappa shape index (κ1) is 29.0. The molecule has 0 saturated heterocycles. The molecule has 37 heavy (non-hydrogen) atoms. The van der Waals surface area contributed by atoms with Gasteiger partial charge in [0.1, 0.15) is 5.66 Å². The molecule has 1 aromatic carbocycles. The monoisotopic (exact) mass is 531 g/mol. The van der Waals surface area contributed by atoms with Crippen molar-refractivity contribution in [2.24, 2.45) is 11.0 Å². The first-order chi connectivity index (χ1) is 17.7. The number of nitrogens with one attached hydrogen (secondary N) is 2. The maximum absolute atomic E-state index is 13.5. The van der Waals surface area contributed by atoms with Gasteiger partial charge in [0.05, 0.1) is 6.42 Å². The highest BCUT2D eigenvalue weighted by atomic mass is 32.2. The van der Waals surface area contributed by atoms with Crippen LogP contribution in [0.1, 0.15) is 64.4 Å². The third kappa shape index (κ3) is 9.03. The maximum Gasteiger partial charge on any atom is 0.343 e. The Bertz CT molecular complexity index is 947. The summed E-state index contributed by atoms with van der Waals surface area (Å²) in [5.41, 5.74) is 0.0216. The Labute approximate surface area is 224 Å². The lowest BCUT2D eigenvalue weighted by atomic mass is 9.88. The molecule has 1 fully saturated rings. The zero-order chi connectivity index (χ0) is 26.8. The lowest BCUT2D eigenvalue weighted by molar-refractivity contribution is -0.131. The van der Waals surface area contributed by atoms with Crippen LogP contribution < -0.4 is 10.6 Å². The van der Waals surface area contributed by atoms with Crippen molar-refractivity contribution >= 4 is 34.7 Å². The number of hydrazone groups is 1. The lowest BCUT2D eigenvalue weighted by Gasteiger charge is -2.39. The molecule has 1 heterocycles. The van der Waals surface area contributed by atoms with Gasteiger partial charge < -0.3 is 20.3 Å². The van der Waals surface area contributed by atoms with E-state index in [1.54, 1.807) is 0 Å². The fourth-order valence-corrected chi connectivity index (χ4v) is 5.32. The standard InChI is InChI=1S/C27H41N5O4S/c1-20(2)13-14-22(33)24-32(30-26(36-24)37-18-17-31(3)4)25(35)29-27(15-9-6-10-16-27)28-23(34)19-21-11-7-5-8-12-21/h5,7-8,11-12,20,24H,6,9-10,13-19H2,1-4H3,(H,28,34)(H,29,35). The summed E-state index contributed by atoms with van der Waals surface area (Å²) < 4.78 is 5.88. The Kier molecular flexibility index (Phi) is 10.8. The normalized spacial score (nSPS) is 18.9. The number of hydrogen-bond acceptors (Lipinski definition) is 7. The number of carbonyl (C=O) groups is 3. The molecule has 2 aliphatic rings. The molecule has 0 spiro atoms. The van der Waals surface area contributed by atoms with Gasteiger partial charge in [-0.1, -0.05) is 62.4 Å². The van der Waals surface area contributed by atoms with Crippen molar-refractivity contribution < 1.29 is 19.1 Å². The molecule has 0 radical (unpaired) electrons. The molecule has 1 aliphatic heterocycles. The molecule has 1 aromatic rings. The van der Waals surface area contributed by atoms with Gasteiger partial charge in [-0.2, -0.15) is 5.01 Å². The number of ketones is 1. The number of carbonyl (C=O) groups excluding carboxylic acids is 3. The van der Waals surface area contributed by atoms with Crippen molar-refractivity contribution in [2.75, 3.05) is 26.4 Å². The van der Waals surface area contributed by atoms with Gasteiger partial charge >= 0.3 is 6.03 Å². The number of nitrogens with zero attached hydrogens (tertiary/aromatic N) is 3. The molecular weight excluding hydrogens is 490 g/mol. The molecule has 204 valence electrons. The van der Waals surface area contributed by atoms with Crippen LogP contribution in [0.25, 0.3) is 0 Å². The third-order valence-electron chi connectivity index (χ3n) is 6.48. The number of benzene rings is 1. The summed E-state index contributed by atoms with van der Waals surface area (Å²) in [7, 11) is 3.96. The molecule has 1 aliphatic carbocycles. The van der Waals surface area contributed by atoms with Gasteiger partial charge in [0.25, 0.3) is 11.5 Å². The number of amides is 3. The van der Waals surface area contributed by atoms with Crippen LogP contribution in [0.2, 0.25) is 0 Å². The Balaban J connectivity index is 1.73. The van der Waals surface area contributed by atoms with Gasteiger partial charge in [-0.05, 0) is 57.7 Å². The van der Waals surface area contributed by atoms with Crippen molar-refractivity contribution in [3.8, 4) is 0 Å². The predicted octanol–water partition coefficient (Wildman–Crippen LogP) is 3.94. The summed E-state index contributed by atoms with van der Waals surface area (Å²) in [4.78, 5) is 41.6. The molecule has 1 saturated carbocycles. The van der Waals surface area contributed by atoms with Gasteiger partial charge in [-0.3, -0.25) is 9.59 Å². The van der Waals surface area contributed by atoms with Crippen LogP contribution in [-0.2, 0) is 20.7 Å². The van der Waals surface area contributed by atoms with E-state index in [-0.39, 0.29) is 18.1 Å². The fourth-order valence-electron chi connectivity index (χ4n) is 4.39. The molecule has 1 atom stereocenters. The van der Waals surface area contributed by atoms with Crippen LogP contribution in [0.4, 0.5) is 4.79 Å². The summed E-state index contributed by atoms with van der Waals surface area (Å²) >= 11 is 1.38. The Morgan fingerprint density at radius 3 is 2.49 bits per heavy atom. The van der Waals surface area contributed by atoms with Gasteiger partial charge in [0.2, 0.25) is 5.91 Å². The second-order valence-electron chi connectivity index (χ2n) is 10.5. The minimum atomic E-state index is -1.10. The average molecular weight is 532 g/mol. The van der Waals surface area contributed by atoms with Gasteiger partial charge in [0, 0.05) is 18.7 Å². The fraction of sp³-hybridized carbons (Fsp3) is 0.630. The SMILES string of the molecule is CC(C)CCC(=O)C1OC(SCCN(C)C)=NN1C(=O)NC1(NC(=O)Cc2ccccc2)CCCCC1. The quantitative estimate of drug-likeness (QED) is 0.419. The average Bonchev–Trinajstić information content (AvgIpc) is 3.28. The van der Waals surface area contributed by atoms with E-state index in [2.05, 4.69) is 29.6 Å². The summed E-state index contributed by atoms with van der Waals surface area (Å²) in [5, 5.41) is 11.9. The molecule has 1 unspecified atom stereocenters. The zero-order valence-corrected chi connectivity index (χ0v) is 23.3. The number of thioether (sulfide) groups is 1. The van der Waals surface area contributed by atoms with Crippen LogP contribution in [0.15, 0.2) is 35.4 Å². The summed E-state index contributed by atoms with van der Waals surface area (Å²) in [6, 6.07) is 8.99. The first-order valence-electron chi connectivity index (χ1n) is 13.2. The highest BCUT2D eigenvalue weighted by molar-refractivity contribution is 8.13. The van der Waals surface area contributed by atoms with E-state index in [1.165, 1.54) is 11.8 Å². The van der Waals surface area contributed by atoms with E-state index in [0.717, 1.165) is 36.4 Å². The lowest BCUT2D eigenvalue weighted by Crippen LogP contribution is -2.64. The Morgan fingerprint density at radius 1 is 1.14 bits per heavy atom. The Hall–Kier alpha value is -2.59. The van der Waals surface area contributed by atoms with Crippen LogP contribution >= 0.6 is 11.8 Å². The van der Waals surface area contributed by atoms with Crippen molar-refractivity contribution in [2.45, 2.75) is 77.1 Å². The number of urea groups is 1. The minimum Gasteiger partial charge on any atom is -0.438 e. The van der Waals surface area contributed by atoms with E-state index in [0.29, 0.717) is 42.6 Å². The molecule has 0 bridgehead atoms. The molecule has 10 heteroatoms. The van der Waals surface area contributed by atoms with Crippen molar-refractivity contribution in [1.82, 2.24) is 20.5 Å². The molecular formula is C27H41N5O4S. The summed E-state index contributed by atoms with van der Waals surface area (Å²) in [5.74, 6) is 0.738. The highest BCUT2D eigenvalue weighted by Crippen LogP contribution is 2.28. The van der Waals surface area contributed by atoms with Crippen LogP contribution in [0.3, 0.4) is 0 Å². The number of ether oxygens (including phenoxy) is 1. The Morgan fingerprint density at radius 2 is 1.84 bits per heavy atom. The predicted molar refractivity (Wildman–Crippen MR) is 147 cm³/mol. The molecule has 3 rings (SSSR count). The summed E-state index contributed by atoms with van der Waals surface area (Å²) in [6.45, 7) is 4.91. The van der Waals surface area contributed by atoms with E-state index >= 15 is 0 Å². The third-order valence-corrected chi connectivity index (χ3v) is 7.29. The van der Waals surface area contributed by atoms with E-state index in [9.17, 15) is 14.4 Å². The topological polar surface area (TPSA) is 103 Å². The zero-order valence-electron chi connectivity index (χ0n) is 22.5. The smallest absolute Gasteiger partial charge is 0.343 e. The van der Waals surface area contributed by atoms with Crippen LogP contribution in [0, 0.1) is 5.92 Å². The minimum absolute atomic E-state index is 0.154. The maximum atomic E-state index is 13.5. The second-order valence-corrected chi connectivity index (χ2v) is 11.6. The molecule has 2 N–H and O–H groups in total. The van der Waals surface area contributed by atoms with Crippen LogP contribution in [0.5, 0.6) is 0 Å². The van der Waals surface area contributed by atoms with E-state index in [4.69, 9.17) is 4.74 Å². The summed E-state index contributed by atoms with van der Waals surface area (Å²) in [6.07, 6.45) is 4.19. The van der Waals surface area contributed by atoms with Crippen LogP contribution in [-0.4, -0.2) is 71.1 Å². The highest BCUT2D eigenvalue weighted by Gasteiger charge is 2.42. The number of rotatable bonds is 11. The van der Waals surface area contributed by atoms with E-state index in [1.807, 2.05) is 49.3 Å².